The topological polar surface area (TPSA) is 38.5 Å². The molecule has 1 fully saturated rings. The van der Waals surface area contributed by atoms with E-state index < -0.39 is 0 Å². The van der Waals surface area contributed by atoms with Crippen molar-refractivity contribution in [1.82, 2.24) is 4.90 Å². The van der Waals surface area contributed by atoms with Crippen LogP contribution in [0.5, 0.6) is 0 Å². The Hall–Kier alpha value is -0.120. The summed E-state index contributed by atoms with van der Waals surface area (Å²) < 4.78 is 5.34. The molecule has 16 heavy (non-hydrogen) atoms. The van der Waals surface area contributed by atoms with E-state index in [0.29, 0.717) is 0 Å². The van der Waals surface area contributed by atoms with E-state index in [1.165, 1.54) is 38.6 Å². The summed E-state index contributed by atoms with van der Waals surface area (Å²) in [4.78, 5) is 2.52. The summed E-state index contributed by atoms with van der Waals surface area (Å²) >= 11 is 0. The number of ether oxygens (including phenoxy) is 1. The third-order valence-electron chi connectivity index (χ3n) is 3.59. The van der Waals surface area contributed by atoms with Crippen LogP contribution in [-0.2, 0) is 4.74 Å². The molecule has 0 amide bonds. The average molecular weight is 228 g/mol. The highest BCUT2D eigenvalue weighted by atomic mass is 16.5. The van der Waals surface area contributed by atoms with Gasteiger partial charge in [-0.15, -0.1) is 0 Å². The van der Waals surface area contributed by atoms with Crippen molar-refractivity contribution in [2.75, 3.05) is 39.4 Å². The molecule has 0 aromatic rings. The zero-order valence-corrected chi connectivity index (χ0v) is 10.8. The van der Waals surface area contributed by atoms with E-state index in [-0.39, 0.29) is 0 Å². The molecule has 96 valence electrons. The highest BCUT2D eigenvalue weighted by Gasteiger charge is 2.10. The fraction of sp³-hybridized carbons (Fsp3) is 1.00. The lowest BCUT2D eigenvalue weighted by Crippen LogP contribution is -2.36. The van der Waals surface area contributed by atoms with Crippen molar-refractivity contribution in [2.24, 2.45) is 11.7 Å². The molecule has 3 heteroatoms. The van der Waals surface area contributed by atoms with Crippen molar-refractivity contribution in [3.8, 4) is 0 Å². The zero-order valence-electron chi connectivity index (χ0n) is 10.8. The quantitative estimate of drug-likeness (QED) is 0.645. The number of morpholine rings is 1. The summed E-state index contributed by atoms with van der Waals surface area (Å²) in [5.74, 6) is 0.856. The fourth-order valence-electron chi connectivity index (χ4n) is 2.38. The van der Waals surface area contributed by atoms with Crippen molar-refractivity contribution in [2.45, 2.75) is 39.0 Å². The van der Waals surface area contributed by atoms with E-state index in [0.717, 1.165) is 38.8 Å². The van der Waals surface area contributed by atoms with Gasteiger partial charge in [-0.05, 0) is 31.8 Å². The van der Waals surface area contributed by atoms with Crippen LogP contribution in [0.2, 0.25) is 0 Å². The average Bonchev–Trinajstić information content (AvgIpc) is 2.34. The monoisotopic (exact) mass is 228 g/mol. The van der Waals surface area contributed by atoms with Gasteiger partial charge in [0.05, 0.1) is 13.2 Å². The van der Waals surface area contributed by atoms with Gasteiger partial charge in [0.1, 0.15) is 0 Å². The summed E-state index contributed by atoms with van der Waals surface area (Å²) in [6, 6.07) is 0. The first-order chi connectivity index (χ1) is 7.86. The van der Waals surface area contributed by atoms with E-state index >= 15 is 0 Å². The summed E-state index contributed by atoms with van der Waals surface area (Å²) in [6.45, 7) is 8.47. The van der Waals surface area contributed by atoms with Gasteiger partial charge in [-0.1, -0.05) is 26.2 Å². The minimum atomic E-state index is 0.849. The molecule has 0 aromatic carbocycles. The van der Waals surface area contributed by atoms with Crippen LogP contribution in [0.25, 0.3) is 0 Å². The maximum atomic E-state index is 5.60. The molecule has 1 aliphatic heterocycles. The Morgan fingerprint density at radius 2 is 1.94 bits per heavy atom. The van der Waals surface area contributed by atoms with Crippen molar-refractivity contribution >= 4 is 0 Å². The second kappa shape index (κ2) is 8.97. The predicted molar refractivity (Wildman–Crippen MR) is 68.6 cm³/mol. The van der Waals surface area contributed by atoms with Crippen LogP contribution in [0, 0.1) is 5.92 Å². The molecule has 1 unspecified atom stereocenters. The Labute approximate surface area is 100 Å². The highest BCUT2D eigenvalue weighted by Crippen LogP contribution is 2.16. The van der Waals surface area contributed by atoms with Crippen LogP contribution >= 0.6 is 0 Å². The Kier molecular flexibility index (Phi) is 7.81. The molecule has 3 nitrogen and oxygen atoms in total. The van der Waals surface area contributed by atoms with E-state index in [2.05, 4.69) is 11.8 Å². The van der Waals surface area contributed by atoms with Gasteiger partial charge in [0.2, 0.25) is 0 Å². The van der Waals surface area contributed by atoms with Gasteiger partial charge in [-0.3, -0.25) is 4.90 Å². The van der Waals surface area contributed by atoms with E-state index in [9.17, 15) is 0 Å². The second-order valence-electron chi connectivity index (χ2n) is 4.80. The van der Waals surface area contributed by atoms with Gasteiger partial charge in [0.25, 0.3) is 0 Å². The molecule has 1 rings (SSSR count). The van der Waals surface area contributed by atoms with Gasteiger partial charge in [-0.2, -0.15) is 0 Å². The lowest BCUT2D eigenvalue weighted by Gasteiger charge is -2.26. The fourth-order valence-corrected chi connectivity index (χ4v) is 2.38. The van der Waals surface area contributed by atoms with E-state index in [1.54, 1.807) is 0 Å². The molecule has 0 aliphatic carbocycles. The van der Waals surface area contributed by atoms with Gasteiger partial charge in [0, 0.05) is 13.1 Å². The molecule has 0 aromatic heterocycles. The van der Waals surface area contributed by atoms with Gasteiger partial charge < -0.3 is 10.5 Å². The first-order valence-corrected chi connectivity index (χ1v) is 6.87. The van der Waals surface area contributed by atoms with Gasteiger partial charge in [0.15, 0.2) is 0 Å². The number of rotatable bonds is 8. The van der Waals surface area contributed by atoms with Crippen LogP contribution < -0.4 is 5.73 Å². The standard InChI is InChI=1S/C13H28N2O/c1-2-13(6-7-14)5-3-4-8-15-9-11-16-12-10-15/h13H,2-12,14H2,1H3. The lowest BCUT2D eigenvalue weighted by molar-refractivity contribution is 0.0370. The second-order valence-corrected chi connectivity index (χ2v) is 4.80. The van der Waals surface area contributed by atoms with Gasteiger partial charge in [-0.25, -0.2) is 0 Å². The Balaban J connectivity index is 1.97. The van der Waals surface area contributed by atoms with Crippen LogP contribution in [0.3, 0.4) is 0 Å². The number of hydrogen-bond acceptors (Lipinski definition) is 3. The zero-order chi connectivity index (χ0) is 11.6. The predicted octanol–water partition coefficient (Wildman–Crippen LogP) is 1.86. The summed E-state index contributed by atoms with van der Waals surface area (Å²) in [7, 11) is 0. The lowest BCUT2D eigenvalue weighted by atomic mass is 9.96. The molecule has 0 saturated carbocycles. The normalized spacial score (nSPS) is 19.9. The van der Waals surface area contributed by atoms with Crippen LogP contribution in [-0.4, -0.2) is 44.3 Å². The molecule has 2 N–H and O–H groups in total. The molecular weight excluding hydrogens is 200 g/mol. The van der Waals surface area contributed by atoms with Crippen LogP contribution in [0.15, 0.2) is 0 Å². The number of nitrogens with two attached hydrogens (primary N) is 1. The Morgan fingerprint density at radius 1 is 1.19 bits per heavy atom. The maximum Gasteiger partial charge on any atom is 0.0594 e. The van der Waals surface area contributed by atoms with Crippen LogP contribution in [0.1, 0.15) is 39.0 Å². The Morgan fingerprint density at radius 3 is 2.56 bits per heavy atom. The van der Waals surface area contributed by atoms with E-state index in [1.807, 2.05) is 0 Å². The number of hydrogen-bond donors (Lipinski definition) is 1. The van der Waals surface area contributed by atoms with Crippen molar-refractivity contribution in [3.63, 3.8) is 0 Å². The van der Waals surface area contributed by atoms with Crippen molar-refractivity contribution in [1.29, 1.82) is 0 Å². The third-order valence-corrected chi connectivity index (χ3v) is 3.59. The molecule has 1 saturated heterocycles. The molecule has 1 heterocycles. The molecule has 0 radical (unpaired) electrons. The minimum Gasteiger partial charge on any atom is -0.379 e. The van der Waals surface area contributed by atoms with Crippen molar-refractivity contribution in [3.05, 3.63) is 0 Å². The number of unbranched alkanes of at least 4 members (excludes halogenated alkanes) is 1. The first-order valence-electron chi connectivity index (χ1n) is 6.87. The summed E-state index contributed by atoms with van der Waals surface area (Å²) in [6.07, 6.45) is 6.54. The summed E-state index contributed by atoms with van der Waals surface area (Å²) in [5, 5.41) is 0. The van der Waals surface area contributed by atoms with Crippen LogP contribution in [0.4, 0.5) is 0 Å². The largest absolute Gasteiger partial charge is 0.379 e. The first kappa shape index (κ1) is 13.9. The highest BCUT2D eigenvalue weighted by molar-refractivity contribution is 4.63. The molecular formula is C13H28N2O. The van der Waals surface area contributed by atoms with E-state index in [4.69, 9.17) is 10.5 Å². The number of nitrogens with zero attached hydrogens (tertiary/aromatic N) is 1. The maximum absolute atomic E-state index is 5.60. The molecule has 0 spiro atoms. The van der Waals surface area contributed by atoms with Gasteiger partial charge >= 0.3 is 0 Å². The Bertz CT molecular complexity index is 151. The van der Waals surface area contributed by atoms with Crippen molar-refractivity contribution < 1.29 is 4.74 Å². The summed E-state index contributed by atoms with van der Waals surface area (Å²) in [5.41, 5.74) is 5.60. The third kappa shape index (κ3) is 5.83. The molecule has 1 aliphatic rings. The minimum absolute atomic E-state index is 0.849. The molecule has 1 atom stereocenters. The SMILES string of the molecule is CCC(CCN)CCCCN1CCOCC1. The molecule has 0 bridgehead atoms. The smallest absolute Gasteiger partial charge is 0.0594 e.